The molecule has 2 nitrogen and oxygen atoms in total. The van der Waals surface area contributed by atoms with Crippen LogP contribution in [0.3, 0.4) is 0 Å². The molecule has 1 rings (SSSR count). The van der Waals surface area contributed by atoms with Gasteiger partial charge >= 0.3 is 0 Å². The minimum atomic E-state index is 0.146. The number of hydrogen-bond acceptors (Lipinski definition) is 3. The van der Waals surface area contributed by atoms with Crippen molar-refractivity contribution in [3.63, 3.8) is 0 Å². The molecule has 0 atom stereocenters. The van der Waals surface area contributed by atoms with E-state index in [0.29, 0.717) is 0 Å². The third-order valence-electron chi connectivity index (χ3n) is 0.858. The zero-order chi connectivity index (χ0) is 5.11. The topological polar surface area (TPSA) is 32.6 Å². The summed E-state index contributed by atoms with van der Waals surface area (Å²) in [6.45, 7) is 0.146. The first-order valence-electron chi connectivity index (χ1n) is 2.22. The summed E-state index contributed by atoms with van der Waals surface area (Å²) in [6.07, 6.45) is 0.973. The third kappa shape index (κ3) is 1.17. The largest absolute Gasteiger partial charge is 0.390 e. The zero-order valence-electron chi connectivity index (χ0n) is 3.92. The molecular weight excluding hydrogens is 110 g/mol. The van der Waals surface area contributed by atoms with E-state index in [1.54, 1.807) is 0 Å². The summed E-state index contributed by atoms with van der Waals surface area (Å²) < 4.78 is 3.94. The first-order valence-corrected chi connectivity index (χ1v) is 3.16. The van der Waals surface area contributed by atoms with Gasteiger partial charge in [0.2, 0.25) is 0 Å². The van der Waals surface area contributed by atoms with E-state index in [2.05, 4.69) is 4.40 Å². The SMILES string of the molecule is OCC1=NSCC1. The van der Waals surface area contributed by atoms with Crippen LogP contribution in [0.1, 0.15) is 6.42 Å². The van der Waals surface area contributed by atoms with Crippen molar-refractivity contribution in [3.05, 3.63) is 0 Å². The molecule has 0 radical (unpaired) electrons. The Morgan fingerprint density at radius 2 is 2.71 bits per heavy atom. The molecule has 0 aromatic carbocycles. The lowest BCUT2D eigenvalue weighted by molar-refractivity contribution is 0.356. The number of hydrogen-bond donors (Lipinski definition) is 1. The lowest BCUT2D eigenvalue weighted by Gasteiger charge is -1.84. The summed E-state index contributed by atoms with van der Waals surface area (Å²) >= 11 is 1.53. The second-order valence-corrected chi connectivity index (χ2v) is 2.25. The Labute approximate surface area is 46.8 Å². The molecule has 0 aromatic rings. The van der Waals surface area contributed by atoms with E-state index in [4.69, 9.17) is 5.11 Å². The highest BCUT2D eigenvalue weighted by molar-refractivity contribution is 7.98. The van der Waals surface area contributed by atoms with Gasteiger partial charge in [0, 0.05) is 5.75 Å². The van der Waals surface area contributed by atoms with Gasteiger partial charge in [0.25, 0.3) is 0 Å². The fourth-order valence-electron chi connectivity index (χ4n) is 0.454. The smallest absolute Gasteiger partial charge is 0.0820 e. The zero-order valence-corrected chi connectivity index (χ0v) is 4.74. The summed E-state index contributed by atoms with van der Waals surface area (Å²) in [4.78, 5) is 0. The van der Waals surface area contributed by atoms with Gasteiger partial charge in [0.05, 0.1) is 12.3 Å². The highest BCUT2D eigenvalue weighted by Crippen LogP contribution is 2.13. The third-order valence-corrected chi connectivity index (χ3v) is 1.63. The minimum Gasteiger partial charge on any atom is -0.390 e. The van der Waals surface area contributed by atoms with Crippen LogP contribution in [0.2, 0.25) is 0 Å². The Morgan fingerprint density at radius 3 is 3.00 bits per heavy atom. The van der Waals surface area contributed by atoms with Gasteiger partial charge in [0.15, 0.2) is 0 Å². The van der Waals surface area contributed by atoms with Crippen molar-refractivity contribution in [2.24, 2.45) is 4.40 Å². The molecule has 7 heavy (non-hydrogen) atoms. The van der Waals surface area contributed by atoms with E-state index in [0.717, 1.165) is 17.9 Å². The molecule has 1 aliphatic heterocycles. The maximum absolute atomic E-state index is 8.42. The Bertz CT molecular complexity index is 91.7. The molecule has 0 bridgehead atoms. The lowest BCUT2D eigenvalue weighted by atomic mass is 10.3. The normalized spacial score (nSPS) is 19.9. The Hall–Kier alpha value is -0.0200. The highest BCUT2D eigenvalue weighted by atomic mass is 32.2. The van der Waals surface area contributed by atoms with Crippen molar-refractivity contribution in [1.82, 2.24) is 0 Å². The number of rotatable bonds is 1. The molecule has 0 amide bonds. The van der Waals surface area contributed by atoms with Crippen molar-refractivity contribution in [2.45, 2.75) is 6.42 Å². The van der Waals surface area contributed by atoms with Crippen molar-refractivity contribution < 1.29 is 5.11 Å². The van der Waals surface area contributed by atoms with Gasteiger partial charge in [-0.05, 0) is 18.4 Å². The molecule has 0 aliphatic carbocycles. The predicted molar refractivity (Wildman–Crippen MR) is 31.6 cm³/mol. The van der Waals surface area contributed by atoms with E-state index in [1.807, 2.05) is 0 Å². The first-order chi connectivity index (χ1) is 3.43. The number of aliphatic hydroxyl groups excluding tert-OH is 1. The molecule has 0 aromatic heterocycles. The Kier molecular flexibility index (Phi) is 1.70. The summed E-state index contributed by atoms with van der Waals surface area (Å²) in [6, 6.07) is 0. The van der Waals surface area contributed by atoms with E-state index < -0.39 is 0 Å². The summed E-state index contributed by atoms with van der Waals surface area (Å²) in [5.74, 6) is 1.05. The van der Waals surface area contributed by atoms with Gasteiger partial charge in [-0.2, -0.15) is 0 Å². The van der Waals surface area contributed by atoms with Crippen molar-refractivity contribution in [1.29, 1.82) is 0 Å². The van der Waals surface area contributed by atoms with Gasteiger partial charge in [-0.1, -0.05) is 0 Å². The van der Waals surface area contributed by atoms with Crippen LogP contribution >= 0.6 is 11.9 Å². The molecular formula is C4H7NOS. The van der Waals surface area contributed by atoms with Crippen LogP contribution in [-0.4, -0.2) is 23.2 Å². The van der Waals surface area contributed by atoms with Gasteiger partial charge in [-0.15, -0.1) is 0 Å². The summed E-state index contributed by atoms with van der Waals surface area (Å²) in [5, 5.41) is 8.42. The number of aliphatic hydroxyl groups is 1. The second-order valence-electron chi connectivity index (χ2n) is 1.40. The fourth-order valence-corrected chi connectivity index (χ4v) is 1.20. The van der Waals surface area contributed by atoms with E-state index >= 15 is 0 Å². The fraction of sp³-hybridized carbons (Fsp3) is 0.750. The number of nitrogens with zero attached hydrogens (tertiary/aromatic N) is 1. The maximum Gasteiger partial charge on any atom is 0.0820 e. The Balaban J connectivity index is 2.36. The van der Waals surface area contributed by atoms with Crippen molar-refractivity contribution in [2.75, 3.05) is 12.4 Å². The summed E-state index contributed by atoms with van der Waals surface area (Å²) in [5.41, 5.74) is 0.935. The van der Waals surface area contributed by atoms with Gasteiger partial charge in [-0.3, -0.25) is 0 Å². The van der Waals surface area contributed by atoms with E-state index in [-0.39, 0.29) is 6.61 Å². The van der Waals surface area contributed by atoms with Crippen LogP contribution in [0.4, 0.5) is 0 Å². The molecule has 40 valence electrons. The second kappa shape index (κ2) is 2.33. The molecule has 0 fully saturated rings. The molecule has 3 heteroatoms. The van der Waals surface area contributed by atoms with Crippen LogP contribution in [0.15, 0.2) is 4.40 Å². The minimum absolute atomic E-state index is 0.146. The van der Waals surface area contributed by atoms with Crippen molar-refractivity contribution >= 4 is 17.7 Å². The van der Waals surface area contributed by atoms with Crippen LogP contribution in [0.5, 0.6) is 0 Å². The standard InChI is InChI=1S/C4H7NOS/c6-3-4-1-2-7-5-4/h6H,1-3H2. The van der Waals surface area contributed by atoms with Crippen LogP contribution < -0.4 is 0 Å². The molecule has 0 unspecified atom stereocenters. The van der Waals surface area contributed by atoms with Crippen LogP contribution in [-0.2, 0) is 0 Å². The highest BCUT2D eigenvalue weighted by Gasteiger charge is 2.03. The molecule has 1 aliphatic rings. The average molecular weight is 117 g/mol. The monoisotopic (exact) mass is 117 g/mol. The van der Waals surface area contributed by atoms with E-state index in [9.17, 15) is 0 Å². The van der Waals surface area contributed by atoms with Crippen molar-refractivity contribution in [3.8, 4) is 0 Å². The summed E-state index contributed by atoms with van der Waals surface area (Å²) in [7, 11) is 0. The molecule has 1 N–H and O–H groups in total. The molecule has 0 spiro atoms. The molecule has 0 saturated heterocycles. The van der Waals surface area contributed by atoms with Gasteiger partial charge in [-0.25, -0.2) is 4.40 Å². The van der Waals surface area contributed by atoms with Crippen LogP contribution in [0, 0.1) is 0 Å². The quantitative estimate of drug-likeness (QED) is 0.506. The first kappa shape index (κ1) is 5.12. The molecule has 0 saturated carbocycles. The maximum atomic E-state index is 8.42. The van der Waals surface area contributed by atoms with Crippen LogP contribution in [0.25, 0.3) is 0 Å². The van der Waals surface area contributed by atoms with Gasteiger partial charge in [0.1, 0.15) is 0 Å². The predicted octanol–water partition coefficient (Wildman–Crippen LogP) is 0.472. The Morgan fingerprint density at radius 1 is 1.86 bits per heavy atom. The van der Waals surface area contributed by atoms with E-state index in [1.165, 1.54) is 11.9 Å². The lowest BCUT2D eigenvalue weighted by Crippen LogP contribution is -1.98. The van der Waals surface area contributed by atoms with Gasteiger partial charge < -0.3 is 5.11 Å². The molecule has 1 heterocycles. The average Bonchev–Trinajstić information content (AvgIpc) is 2.14.